The lowest BCUT2D eigenvalue weighted by Crippen LogP contribution is -2.12. The van der Waals surface area contributed by atoms with Crippen molar-refractivity contribution in [1.29, 1.82) is 0 Å². The molecule has 1 rings (SSSR count). The molecule has 14 heavy (non-hydrogen) atoms. The molecule has 3 nitrogen and oxygen atoms in total. The van der Waals surface area contributed by atoms with Crippen molar-refractivity contribution < 1.29 is 4.74 Å². The molecule has 1 aromatic heterocycles. The fourth-order valence-corrected chi connectivity index (χ4v) is 1.31. The fourth-order valence-electron chi connectivity index (χ4n) is 1.31. The highest BCUT2D eigenvalue weighted by Gasteiger charge is 2.03. The molecule has 0 saturated heterocycles. The van der Waals surface area contributed by atoms with Crippen LogP contribution in [-0.2, 0) is 6.54 Å². The average Bonchev–Trinajstić information content (AvgIpc) is 2.18. The minimum absolute atomic E-state index is 0.223. The molecular formula is C11H18N2O. The van der Waals surface area contributed by atoms with Gasteiger partial charge in [0.1, 0.15) is 0 Å². The molecule has 1 aromatic rings. The third kappa shape index (κ3) is 3.34. The van der Waals surface area contributed by atoms with Gasteiger partial charge in [0.25, 0.3) is 0 Å². The number of hydrogen-bond donors (Lipinski definition) is 1. The lowest BCUT2D eigenvalue weighted by atomic mass is 10.2. The SMILES string of the molecule is CCCC(C)Oc1cccc(CN)n1. The molecule has 0 aliphatic heterocycles. The van der Waals surface area contributed by atoms with Gasteiger partial charge in [-0.25, -0.2) is 4.98 Å². The van der Waals surface area contributed by atoms with Crippen molar-refractivity contribution in [2.45, 2.75) is 39.3 Å². The van der Waals surface area contributed by atoms with E-state index in [4.69, 9.17) is 10.5 Å². The minimum atomic E-state index is 0.223. The highest BCUT2D eigenvalue weighted by molar-refractivity contribution is 5.15. The molecule has 0 aromatic carbocycles. The van der Waals surface area contributed by atoms with E-state index < -0.39 is 0 Å². The number of ether oxygens (including phenoxy) is 1. The normalized spacial score (nSPS) is 12.5. The summed E-state index contributed by atoms with van der Waals surface area (Å²) in [7, 11) is 0. The maximum absolute atomic E-state index is 5.63. The molecule has 0 fully saturated rings. The summed E-state index contributed by atoms with van der Waals surface area (Å²) in [5, 5.41) is 0. The molecule has 1 unspecified atom stereocenters. The summed E-state index contributed by atoms with van der Waals surface area (Å²) >= 11 is 0. The zero-order chi connectivity index (χ0) is 10.4. The van der Waals surface area contributed by atoms with E-state index in [-0.39, 0.29) is 6.10 Å². The van der Waals surface area contributed by atoms with Crippen molar-refractivity contribution in [3.63, 3.8) is 0 Å². The van der Waals surface area contributed by atoms with Crippen LogP contribution in [0.15, 0.2) is 18.2 Å². The quantitative estimate of drug-likeness (QED) is 0.781. The third-order valence-electron chi connectivity index (χ3n) is 2.01. The molecule has 0 aliphatic rings. The van der Waals surface area contributed by atoms with Crippen molar-refractivity contribution >= 4 is 0 Å². The second-order valence-corrected chi connectivity index (χ2v) is 3.39. The summed E-state index contributed by atoms with van der Waals surface area (Å²) in [5.41, 5.74) is 6.36. The van der Waals surface area contributed by atoms with Gasteiger partial charge in [0.05, 0.1) is 11.8 Å². The molecular weight excluding hydrogens is 176 g/mol. The highest BCUT2D eigenvalue weighted by Crippen LogP contribution is 2.11. The number of pyridine rings is 1. The molecule has 0 radical (unpaired) electrons. The predicted molar refractivity (Wildman–Crippen MR) is 57.1 cm³/mol. The minimum Gasteiger partial charge on any atom is -0.475 e. The molecule has 0 saturated carbocycles. The van der Waals surface area contributed by atoms with E-state index in [0.29, 0.717) is 12.4 Å². The van der Waals surface area contributed by atoms with Gasteiger partial charge < -0.3 is 10.5 Å². The monoisotopic (exact) mass is 194 g/mol. The van der Waals surface area contributed by atoms with E-state index in [9.17, 15) is 0 Å². The summed E-state index contributed by atoms with van der Waals surface area (Å²) < 4.78 is 5.63. The molecule has 3 heteroatoms. The van der Waals surface area contributed by atoms with Gasteiger partial charge in [-0.1, -0.05) is 19.4 Å². The fraction of sp³-hybridized carbons (Fsp3) is 0.545. The molecule has 78 valence electrons. The average molecular weight is 194 g/mol. The van der Waals surface area contributed by atoms with Crippen LogP contribution < -0.4 is 10.5 Å². The van der Waals surface area contributed by atoms with Crippen LogP contribution in [0.1, 0.15) is 32.4 Å². The smallest absolute Gasteiger partial charge is 0.213 e. The number of rotatable bonds is 5. The Morgan fingerprint density at radius 1 is 1.50 bits per heavy atom. The second kappa shape index (κ2) is 5.60. The van der Waals surface area contributed by atoms with Crippen LogP contribution in [0.25, 0.3) is 0 Å². The lowest BCUT2D eigenvalue weighted by molar-refractivity contribution is 0.201. The molecule has 0 spiro atoms. The van der Waals surface area contributed by atoms with E-state index in [2.05, 4.69) is 18.8 Å². The number of nitrogens with two attached hydrogens (primary N) is 1. The van der Waals surface area contributed by atoms with E-state index in [1.165, 1.54) is 0 Å². The van der Waals surface area contributed by atoms with Crippen LogP contribution in [0.4, 0.5) is 0 Å². The van der Waals surface area contributed by atoms with Crippen LogP contribution >= 0.6 is 0 Å². The van der Waals surface area contributed by atoms with Crippen LogP contribution in [0.2, 0.25) is 0 Å². The maximum atomic E-state index is 5.63. The van der Waals surface area contributed by atoms with Gasteiger partial charge in [-0.15, -0.1) is 0 Å². The second-order valence-electron chi connectivity index (χ2n) is 3.39. The zero-order valence-corrected chi connectivity index (χ0v) is 8.86. The Morgan fingerprint density at radius 3 is 2.93 bits per heavy atom. The van der Waals surface area contributed by atoms with Gasteiger partial charge >= 0.3 is 0 Å². The summed E-state index contributed by atoms with van der Waals surface area (Å²) in [6, 6.07) is 5.69. The van der Waals surface area contributed by atoms with Crippen molar-refractivity contribution in [2.24, 2.45) is 5.73 Å². The lowest BCUT2D eigenvalue weighted by Gasteiger charge is -2.12. The summed E-state index contributed by atoms with van der Waals surface area (Å²) in [4.78, 5) is 4.27. The van der Waals surface area contributed by atoms with Gasteiger partial charge in [-0.2, -0.15) is 0 Å². The zero-order valence-electron chi connectivity index (χ0n) is 8.86. The standard InChI is InChI=1S/C11H18N2O/c1-3-5-9(2)14-11-7-4-6-10(8-12)13-11/h4,6-7,9H,3,5,8,12H2,1-2H3. The Kier molecular flexibility index (Phi) is 4.40. The van der Waals surface area contributed by atoms with E-state index >= 15 is 0 Å². The highest BCUT2D eigenvalue weighted by atomic mass is 16.5. The largest absolute Gasteiger partial charge is 0.475 e. The van der Waals surface area contributed by atoms with Gasteiger partial charge in [0.2, 0.25) is 5.88 Å². The van der Waals surface area contributed by atoms with Crippen molar-refractivity contribution in [3.8, 4) is 5.88 Å². The Morgan fingerprint density at radius 2 is 2.29 bits per heavy atom. The Hall–Kier alpha value is -1.09. The van der Waals surface area contributed by atoms with Crippen LogP contribution in [0.3, 0.4) is 0 Å². The molecule has 2 N–H and O–H groups in total. The van der Waals surface area contributed by atoms with E-state index in [1.54, 1.807) is 0 Å². The number of hydrogen-bond acceptors (Lipinski definition) is 3. The Bertz CT molecular complexity index is 276. The van der Waals surface area contributed by atoms with Gasteiger partial charge in [0, 0.05) is 12.6 Å². The summed E-state index contributed by atoms with van der Waals surface area (Å²) in [6.45, 7) is 4.66. The molecule has 0 aliphatic carbocycles. The first kappa shape index (κ1) is 11.0. The van der Waals surface area contributed by atoms with Crippen molar-refractivity contribution in [2.75, 3.05) is 0 Å². The first-order valence-corrected chi connectivity index (χ1v) is 5.09. The van der Waals surface area contributed by atoms with Crippen LogP contribution in [-0.4, -0.2) is 11.1 Å². The first-order chi connectivity index (χ1) is 6.76. The Balaban J connectivity index is 2.57. The molecule has 0 amide bonds. The molecule has 1 atom stereocenters. The third-order valence-corrected chi connectivity index (χ3v) is 2.01. The maximum Gasteiger partial charge on any atom is 0.213 e. The predicted octanol–water partition coefficient (Wildman–Crippen LogP) is 2.11. The van der Waals surface area contributed by atoms with E-state index in [1.807, 2.05) is 18.2 Å². The topological polar surface area (TPSA) is 48.1 Å². The van der Waals surface area contributed by atoms with Gasteiger partial charge in [-0.3, -0.25) is 0 Å². The number of nitrogens with zero attached hydrogens (tertiary/aromatic N) is 1. The summed E-state index contributed by atoms with van der Waals surface area (Å²) in [6.07, 6.45) is 2.40. The molecule has 1 heterocycles. The molecule has 0 bridgehead atoms. The van der Waals surface area contributed by atoms with E-state index in [0.717, 1.165) is 18.5 Å². The first-order valence-electron chi connectivity index (χ1n) is 5.09. The van der Waals surface area contributed by atoms with Crippen LogP contribution in [0.5, 0.6) is 5.88 Å². The van der Waals surface area contributed by atoms with Crippen molar-refractivity contribution in [1.82, 2.24) is 4.98 Å². The van der Waals surface area contributed by atoms with Crippen molar-refractivity contribution in [3.05, 3.63) is 23.9 Å². The van der Waals surface area contributed by atoms with Gasteiger partial charge in [-0.05, 0) is 19.4 Å². The Labute approximate surface area is 85.3 Å². The van der Waals surface area contributed by atoms with Gasteiger partial charge in [0.15, 0.2) is 0 Å². The number of aromatic nitrogens is 1. The summed E-state index contributed by atoms with van der Waals surface area (Å²) in [5.74, 6) is 0.675. The van der Waals surface area contributed by atoms with Crippen LogP contribution in [0, 0.1) is 0 Å².